The minimum atomic E-state index is -0.0752. The molecule has 0 unspecified atom stereocenters. The van der Waals surface area contributed by atoms with Crippen LogP contribution in [-0.4, -0.2) is 23.1 Å². The third kappa shape index (κ3) is 8.67. The molecule has 0 N–H and O–H groups in total. The van der Waals surface area contributed by atoms with Gasteiger partial charge in [-0.2, -0.15) is 0 Å². The number of hydrogen-bond acceptors (Lipinski definition) is 2. The van der Waals surface area contributed by atoms with Crippen molar-refractivity contribution in [3.63, 3.8) is 0 Å². The van der Waals surface area contributed by atoms with Crippen LogP contribution in [-0.2, 0) is 21.7 Å². The zero-order valence-corrected chi connectivity index (χ0v) is 30.0. The first-order valence-electron chi connectivity index (χ1n) is 15.1. The third-order valence-corrected chi connectivity index (χ3v) is 7.58. The summed E-state index contributed by atoms with van der Waals surface area (Å²) in [5.41, 5.74) is 8.48. The van der Waals surface area contributed by atoms with E-state index >= 15 is 0 Å². The summed E-state index contributed by atoms with van der Waals surface area (Å²) in [7, 11) is 0. The molecule has 0 saturated heterocycles. The molecule has 43 heavy (non-hydrogen) atoms. The molecule has 4 rings (SSSR count). The molecule has 0 saturated carbocycles. The van der Waals surface area contributed by atoms with E-state index in [4.69, 9.17) is 0 Å². The molecule has 0 heterocycles. The van der Waals surface area contributed by atoms with E-state index in [2.05, 4.69) is 83.1 Å². The second-order valence-corrected chi connectivity index (χ2v) is 15.5. The van der Waals surface area contributed by atoms with Crippen LogP contribution in [0.5, 0.6) is 11.5 Å². The van der Waals surface area contributed by atoms with Crippen LogP contribution in [0.1, 0.15) is 105 Å². The smallest absolute Gasteiger partial charge is 0.872 e. The molecule has 0 amide bonds. The SMILES string of the molecule is CC(C)(C)c1ccc([O-])c(-c2ccccc2)c1C(C)(C)C.CC(C)(C)c1ccc([O-])c(-c2ccccc2)c1C(C)(C)C.[Mg+2]. The molecule has 4 aromatic carbocycles. The fourth-order valence-corrected chi connectivity index (χ4v) is 5.76. The molecule has 0 aromatic heterocycles. The van der Waals surface area contributed by atoms with E-state index in [0.717, 1.165) is 22.3 Å². The zero-order valence-electron chi connectivity index (χ0n) is 28.6. The molecule has 3 heteroatoms. The average molecular weight is 587 g/mol. The Morgan fingerprint density at radius 3 is 0.884 bits per heavy atom. The molecule has 0 aliphatic rings. The van der Waals surface area contributed by atoms with Gasteiger partial charge in [-0.1, -0.05) is 168 Å². The summed E-state index contributed by atoms with van der Waals surface area (Å²) in [6.07, 6.45) is 0. The monoisotopic (exact) mass is 586 g/mol. The summed E-state index contributed by atoms with van der Waals surface area (Å²) in [6.45, 7) is 26.3. The molecule has 4 aromatic rings. The van der Waals surface area contributed by atoms with Crippen LogP contribution in [0.25, 0.3) is 22.3 Å². The molecule has 0 bridgehead atoms. The van der Waals surface area contributed by atoms with Crippen molar-refractivity contribution in [1.82, 2.24) is 0 Å². The van der Waals surface area contributed by atoms with Crippen LogP contribution < -0.4 is 10.2 Å². The number of benzene rings is 4. The van der Waals surface area contributed by atoms with Crippen molar-refractivity contribution < 1.29 is 10.2 Å². The first-order chi connectivity index (χ1) is 19.2. The number of rotatable bonds is 2. The summed E-state index contributed by atoms with van der Waals surface area (Å²) < 4.78 is 0. The largest absolute Gasteiger partial charge is 2.00 e. The van der Waals surface area contributed by atoms with Gasteiger partial charge in [0.25, 0.3) is 0 Å². The van der Waals surface area contributed by atoms with Crippen molar-refractivity contribution in [2.75, 3.05) is 0 Å². The maximum atomic E-state index is 12.6. The minimum absolute atomic E-state index is 0. The van der Waals surface area contributed by atoms with Gasteiger partial charge in [-0.3, -0.25) is 0 Å². The van der Waals surface area contributed by atoms with Gasteiger partial charge in [0.05, 0.1) is 0 Å². The Morgan fingerprint density at radius 1 is 0.372 bits per heavy atom. The molecule has 0 fully saturated rings. The second kappa shape index (κ2) is 13.5. The van der Waals surface area contributed by atoms with Crippen molar-refractivity contribution in [3.05, 3.63) is 107 Å². The minimum Gasteiger partial charge on any atom is -0.872 e. The Hall–Kier alpha value is -2.75. The van der Waals surface area contributed by atoms with Gasteiger partial charge in [0.1, 0.15) is 0 Å². The van der Waals surface area contributed by atoms with E-state index in [1.165, 1.54) is 22.3 Å². The van der Waals surface area contributed by atoms with Gasteiger partial charge in [-0.15, -0.1) is 11.5 Å². The predicted molar refractivity (Wildman–Crippen MR) is 183 cm³/mol. The van der Waals surface area contributed by atoms with Gasteiger partial charge >= 0.3 is 23.1 Å². The maximum Gasteiger partial charge on any atom is 2.00 e. The predicted octanol–water partition coefficient (Wildman–Crippen LogP) is 9.66. The van der Waals surface area contributed by atoms with E-state index in [-0.39, 0.29) is 56.2 Å². The van der Waals surface area contributed by atoms with Crippen LogP contribution in [0.2, 0.25) is 0 Å². The second-order valence-electron chi connectivity index (χ2n) is 15.5. The van der Waals surface area contributed by atoms with Crippen LogP contribution >= 0.6 is 0 Å². The fraction of sp³-hybridized carbons (Fsp3) is 0.400. The standard InChI is InChI=1S/2C20H26O.Mg/c2*1-19(2,3)15-12-13-16(21)17(18(15)20(4,5)6)14-10-8-7-9-11-14;/h2*7-13,21H,1-6H3;/q;;+2/p-2. The Bertz CT molecular complexity index is 1370. The molecule has 0 radical (unpaired) electrons. The Kier molecular flexibility index (Phi) is 11.4. The van der Waals surface area contributed by atoms with Crippen LogP contribution in [0.15, 0.2) is 84.9 Å². The summed E-state index contributed by atoms with van der Waals surface area (Å²) in [4.78, 5) is 0. The zero-order chi connectivity index (χ0) is 31.7. The summed E-state index contributed by atoms with van der Waals surface area (Å²) in [5, 5.41) is 25.1. The molecular weight excluding hydrogens is 537 g/mol. The molecule has 2 nitrogen and oxygen atoms in total. The molecular formula is C40H50MgO2. The maximum absolute atomic E-state index is 12.6. The van der Waals surface area contributed by atoms with Crippen molar-refractivity contribution in [2.45, 2.75) is 105 Å². The summed E-state index contributed by atoms with van der Waals surface area (Å²) in [5.74, 6) is 0.221. The molecule has 0 aliphatic heterocycles. The molecule has 0 atom stereocenters. The van der Waals surface area contributed by atoms with Gasteiger partial charge in [0.15, 0.2) is 0 Å². The molecule has 0 spiro atoms. The Balaban J connectivity index is 0.000000293. The first kappa shape index (κ1) is 36.4. The van der Waals surface area contributed by atoms with E-state index in [9.17, 15) is 10.2 Å². The molecule has 224 valence electrons. The average Bonchev–Trinajstić information content (AvgIpc) is 2.87. The normalized spacial score (nSPS) is 12.2. The first-order valence-corrected chi connectivity index (χ1v) is 15.1. The Labute approximate surface area is 277 Å². The van der Waals surface area contributed by atoms with Crippen molar-refractivity contribution in [2.24, 2.45) is 0 Å². The Morgan fingerprint density at radius 2 is 0.651 bits per heavy atom. The van der Waals surface area contributed by atoms with E-state index in [1.807, 2.05) is 72.8 Å². The quantitative estimate of drug-likeness (QED) is 0.219. The molecule has 0 aliphatic carbocycles. The van der Waals surface area contributed by atoms with Crippen LogP contribution in [0.3, 0.4) is 0 Å². The van der Waals surface area contributed by atoms with Crippen molar-refractivity contribution >= 4 is 23.1 Å². The topological polar surface area (TPSA) is 46.1 Å². The third-order valence-electron chi connectivity index (χ3n) is 7.58. The number of hydrogen-bond donors (Lipinski definition) is 0. The van der Waals surface area contributed by atoms with E-state index in [1.54, 1.807) is 12.1 Å². The van der Waals surface area contributed by atoms with E-state index < -0.39 is 0 Å². The summed E-state index contributed by atoms with van der Waals surface area (Å²) >= 11 is 0. The van der Waals surface area contributed by atoms with Crippen molar-refractivity contribution in [3.8, 4) is 33.8 Å². The van der Waals surface area contributed by atoms with Gasteiger partial charge in [-0.05, 0) is 66.2 Å². The van der Waals surface area contributed by atoms with Gasteiger partial charge in [0, 0.05) is 0 Å². The summed E-state index contributed by atoms with van der Waals surface area (Å²) in [6, 6.07) is 27.5. The van der Waals surface area contributed by atoms with Gasteiger partial charge in [0.2, 0.25) is 0 Å². The van der Waals surface area contributed by atoms with E-state index in [0.29, 0.717) is 0 Å². The van der Waals surface area contributed by atoms with Crippen LogP contribution in [0.4, 0.5) is 0 Å². The van der Waals surface area contributed by atoms with Gasteiger partial charge < -0.3 is 10.2 Å². The van der Waals surface area contributed by atoms with Gasteiger partial charge in [-0.25, -0.2) is 0 Å². The van der Waals surface area contributed by atoms with Crippen molar-refractivity contribution in [1.29, 1.82) is 0 Å². The van der Waals surface area contributed by atoms with Crippen LogP contribution in [0, 0.1) is 0 Å². The fourth-order valence-electron chi connectivity index (χ4n) is 5.76.